The molecule has 0 saturated carbocycles. The summed E-state index contributed by atoms with van der Waals surface area (Å²) in [5, 5.41) is 9.15. The summed E-state index contributed by atoms with van der Waals surface area (Å²) in [6, 6.07) is 66.1. The largest absolute Gasteiger partial charge is 0.456 e. The van der Waals surface area contributed by atoms with E-state index >= 15 is 0 Å². The minimum atomic E-state index is 0.648. The molecule has 260 valence electrons. The number of benzene rings is 9. The Kier molecular flexibility index (Phi) is 7.45. The van der Waals surface area contributed by atoms with Crippen molar-refractivity contribution < 1.29 is 4.42 Å². The standard InChI is InChI=1S/C53H32N2O/c1-3-14-35(15-4-1)46-31-41(33-51-52(46)47-30-38-19-9-10-20-39(38)32-50(47)56-51)42-25-26-45(44-22-12-11-21-43(42)44)49-28-27-48(36-16-5-2-6-17-36)54-53(55-49)40-24-23-34-13-7-8-18-37(34)29-40/h1-26,28-33H. The molecule has 10 aromatic rings. The maximum absolute atomic E-state index is 6.71. The van der Waals surface area contributed by atoms with Gasteiger partial charge in [0.05, 0.1) is 5.71 Å². The van der Waals surface area contributed by atoms with E-state index in [0.717, 1.165) is 93.8 Å². The van der Waals surface area contributed by atoms with E-state index in [2.05, 4.69) is 176 Å². The third-order valence-electron chi connectivity index (χ3n) is 10.9. The molecular formula is C53H32N2O. The summed E-state index contributed by atoms with van der Waals surface area (Å²) in [7, 11) is 0. The van der Waals surface area contributed by atoms with Crippen LogP contribution in [0.2, 0.25) is 0 Å². The minimum Gasteiger partial charge on any atom is -0.456 e. The van der Waals surface area contributed by atoms with Crippen molar-refractivity contribution in [3.63, 3.8) is 0 Å². The predicted molar refractivity (Wildman–Crippen MR) is 235 cm³/mol. The molecule has 11 rings (SSSR count). The molecule has 2 heterocycles. The predicted octanol–water partition coefficient (Wildman–Crippen LogP) is 13.8. The molecule has 0 fully saturated rings. The number of amidine groups is 1. The fourth-order valence-electron chi connectivity index (χ4n) is 8.15. The maximum Gasteiger partial charge on any atom is 0.161 e. The first-order chi connectivity index (χ1) is 27.7. The minimum absolute atomic E-state index is 0.648. The molecule has 1 aromatic heterocycles. The highest BCUT2D eigenvalue weighted by Gasteiger charge is 2.19. The van der Waals surface area contributed by atoms with Crippen LogP contribution in [0.3, 0.4) is 0 Å². The molecule has 0 atom stereocenters. The Labute approximate surface area is 323 Å². The molecular weight excluding hydrogens is 681 g/mol. The second-order valence-corrected chi connectivity index (χ2v) is 14.3. The topological polar surface area (TPSA) is 37.9 Å². The van der Waals surface area contributed by atoms with Crippen LogP contribution >= 0.6 is 0 Å². The van der Waals surface area contributed by atoms with Crippen LogP contribution in [0.5, 0.6) is 0 Å². The molecule has 3 nitrogen and oxygen atoms in total. The number of allylic oxidation sites excluding steroid dienone is 1. The second kappa shape index (κ2) is 13.1. The average Bonchev–Trinajstić information content (AvgIpc) is 3.46. The number of hydrogen-bond donors (Lipinski definition) is 0. The lowest BCUT2D eigenvalue weighted by molar-refractivity contribution is 0.669. The Balaban J connectivity index is 1.11. The lowest BCUT2D eigenvalue weighted by Gasteiger charge is -2.14. The van der Waals surface area contributed by atoms with Crippen LogP contribution in [-0.2, 0) is 0 Å². The van der Waals surface area contributed by atoms with Crippen molar-refractivity contribution in [1.82, 2.24) is 0 Å². The zero-order valence-corrected chi connectivity index (χ0v) is 30.3. The summed E-state index contributed by atoms with van der Waals surface area (Å²) in [6.45, 7) is 0. The summed E-state index contributed by atoms with van der Waals surface area (Å²) < 4.78 is 6.71. The number of hydrogen-bond acceptors (Lipinski definition) is 3. The van der Waals surface area contributed by atoms with Gasteiger partial charge >= 0.3 is 0 Å². The van der Waals surface area contributed by atoms with Crippen molar-refractivity contribution in [2.45, 2.75) is 0 Å². The Hall–Kier alpha value is -7.58. The third kappa shape index (κ3) is 5.46. The van der Waals surface area contributed by atoms with Crippen LogP contribution in [0.4, 0.5) is 0 Å². The Bertz CT molecular complexity index is 3330. The van der Waals surface area contributed by atoms with E-state index in [1.54, 1.807) is 0 Å². The van der Waals surface area contributed by atoms with Crippen molar-refractivity contribution in [1.29, 1.82) is 0 Å². The van der Waals surface area contributed by atoms with Crippen LogP contribution in [0, 0.1) is 0 Å². The lowest BCUT2D eigenvalue weighted by Crippen LogP contribution is -2.05. The van der Waals surface area contributed by atoms with E-state index in [1.807, 2.05) is 24.3 Å². The van der Waals surface area contributed by atoms with Gasteiger partial charge in [-0.05, 0) is 84.9 Å². The average molecular weight is 713 g/mol. The van der Waals surface area contributed by atoms with Gasteiger partial charge in [-0.15, -0.1) is 0 Å². The van der Waals surface area contributed by atoms with E-state index < -0.39 is 0 Å². The summed E-state index contributed by atoms with van der Waals surface area (Å²) in [6.07, 6.45) is 1.99. The second-order valence-electron chi connectivity index (χ2n) is 14.3. The molecule has 0 amide bonds. The smallest absolute Gasteiger partial charge is 0.161 e. The first kappa shape index (κ1) is 31.9. The number of furan rings is 1. The third-order valence-corrected chi connectivity index (χ3v) is 10.9. The fourth-order valence-corrected chi connectivity index (χ4v) is 8.15. The lowest BCUT2D eigenvalue weighted by atomic mass is 9.90. The number of rotatable bonds is 5. The van der Waals surface area contributed by atoms with Gasteiger partial charge in [0.2, 0.25) is 0 Å². The fraction of sp³-hybridized carbons (Fsp3) is 0. The van der Waals surface area contributed by atoms with Gasteiger partial charge in [0, 0.05) is 33.5 Å². The molecule has 56 heavy (non-hydrogen) atoms. The highest BCUT2D eigenvalue weighted by atomic mass is 16.3. The van der Waals surface area contributed by atoms with Gasteiger partial charge in [-0.1, -0.05) is 163 Å². The monoisotopic (exact) mass is 712 g/mol. The maximum atomic E-state index is 6.71. The summed E-state index contributed by atoms with van der Waals surface area (Å²) >= 11 is 0. The van der Waals surface area contributed by atoms with E-state index in [1.165, 1.54) is 10.8 Å². The quantitative estimate of drug-likeness (QED) is 0.164. The first-order valence-corrected chi connectivity index (χ1v) is 18.9. The molecule has 0 N–H and O–H groups in total. The molecule has 0 spiro atoms. The first-order valence-electron chi connectivity index (χ1n) is 18.9. The normalized spacial score (nSPS) is 13.0. The van der Waals surface area contributed by atoms with Crippen LogP contribution < -0.4 is 0 Å². The van der Waals surface area contributed by atoms with E-state index in [-0.39, 0.29) is 0 Å². The van der Waals surface area contributed by atoms with Crippen LogP contribution in [0.15, 0.2) is 214 Å². The molecule has 1 aliphatic rings. The molecule has 0 bridgehead atoms. The SMILES string of the molecule is C1=CC(c2ccc(-c3cc(-c4ccccc4)c4c(c3)oc3cc5ccccc5cc34)c3ccccc23)=NC(c2ccc3ccccc3c2)=NC=1c1ccccc1. The van der Waals surface area contributed by atoms with Crippen molar-refractivity contribution in [2.75, 3.05) is 0 Å². The highest BCUT2D eigenvalue weighted by Crippen LogP contribution is 2.43. The van der Waals surface area contributed by atoms with E-state index in [0.29, 0.717) is 5.84 Å². The summed E-state index contributed by atoms with van der Waals surface area (Å²) in [4.78, 5) is 10.4. The van der Waals surface area contributed by atoms with Crippen LogP contribution in [-0.4, -0.2) is 11.5 Å². The van der Waals surface area contributed by atoms with Crippen molar-refractivity contribution in [3.8, 4) is 22.3 Å². The molecule has 0 unspecified atom stereocenters. The number of fused-ring (bicyclic) bond motifs is 6. The van der Waals surface area contributed by atoms with Gasteiger partial charge in [-0.3, -0.25) is 0 Å². The van der Waals surface area contributed by atoms with Crippen molar-refractivity contribution >= 4 is 71.5 Å². The molecule has 3 heteroatoms. The Morgan fingerprint density at radius 2 is 1.00 bits per heavy atom. The zero-order valence-electron chi connectivity index (χ0n) is 30.3. The molecule has 0 radical (unpaired) electrons. The molecule has 9 aromatic carbocycles. The Morgan fingerprint density at radius 1 is 0.375 bits per heavy atom. The summed E-state index contributed by atoms with van der Waals surface area (Å²) in [5.41, 5.74) is 14.3. The summed E-state index contributed by atoms with van der Waals surface area (Å²) in [5.74, 6) is 0.648. The molecule has 0 saturated heterocycles. The van der Waals surface area contributed by atoms with E-state index in [9.17, 15) is 0 Å². The van der Waals surface area contributed by atoms with Crippen LogP contribution in [0.1, 0.15) is 16.7 Å². The molecule has 0 aliphatic carbocycles. The van der Waals surface area contributed by atoms with Crippen molar-refractivity contribution in [3.05, 3.63) is 217 Å². The van der Waals surface area contributed by atoms with Gasteiger partial charge in [0.25, 0.3) is 0 Å². The van der Waals surface area contributed by atoms with Gasteiger partial charge in [0.1, 0.15) is 16.9 Å². The van der Waals surface area contributed by atoms with Gasteiger partial charge in [0.15, 0.2) is 5.84 Å². The van der Waals surface area contributed by atoms with Gasteiger partial charge in [-0.25, -0.2) is 9.98 Å². The van der Waals surface area contributed by atoms with Crippen LogP contribution in [0.25, 0.3) is 82.2 Å². The number of aliphatic imine (C=N–C) groups is 2. The zero-order chi connectivity index (χ0) is 37.0. The van der Waals surface area contributed by atoms with Crippen molar-refractivity contribution in [2.24, 2.45) is 9.98 Å². The highest BCUT2D eigenvalue weighted by molar-refractivity contribution is 6.24. The van der Waals surface area contributed by atoms with Gasteiger partial charge in [-0.2, -0.15) is 0 Å². The van der Waals surface area contributed by atoms with Gasteiger partial charge < -0.3 is 4.42 Å². The Morgan fingerprint density at radius 3 is 1.77 bits per heavy atom. The number of nitrogens with zero attached hydrogens (tertiary/aromatic N) is 2. The van der Waals surface area contributed by atoms with E-state index in [4.69, 9.17) is 14.4 Å². The molecule has 1 aliphatic heterocycles.